The van der Waals surface area contributed by atoms with Gasteiger partial charge < -0.3 is 5.11 Å². The highest BCUT2D eigenvalue weighted by Crippen LogP contribution is 2.21. The topological polar surface area (TPSA) is 38.0 Å². The molecule has 0 saturated heterocycles. The molecular weight excluding hydrogens is 248 g/mol. The fourth-order valence-electron chi connectivity index (χ4n) is 2.59. The molecule has 0 aliphatic carbocycles. The summed E-state index contributed by atoms with van der Waals surface area (Å²) in [6.45, 7) is 8.86. The van der Waals surface area contributed by atoms with Crippen molar-refractivity contribution in [1.82, 2.24) is 9.78 Å². The number of nitrogens with zero attached hydrogens (tertiary/aromatic N) is 2. The quantitative estimate of drug-likeness (QED) is 0.906. The summed E-state index contributed by atoms with van der Waals surface area (Å²) in [5, 5.41) is 15.1. The standard InChI is InChI=1S/C17H24N2O/c1-5-14-10-15(6-2)19(18-14)11-17(20)16-8-7-12(3)9-13(16)4/h7-10,17,20H,5-6,11H2,1-4H3. The van der Waals surface area contributed by atoms with Crippen LogP contribution in [0.15, 0.2) is 24.3 Å². The first-order valence-electron chi connectivity index (χ1n) is 7.36. The van der Waals surface area contributed by atoms with Gasteiger partial charge in [0, 0.05) is 5.69 Å². The van der Waals surface area contributed by atoms with E-state index in [1.807, 2.05) is 23.7 Å². The third-order valence-corrected chi connectivity index (χ3v) is 3.77. The van der Waals surface area contributed by atoms with Crippen LogP contribution < -0.4 is 0 Å². The van der Waals surface area contributed by atoms with Crippen molar-refractivity contribution in [1.29, 1.82) is 0 Å². The molecule has 2 aromatic rings. The lowest BCUT2D eigenvalue weighted by Gasteiger charge is -2.16. The van der Waals surface area contributed by atoms with Crippen molar-refractivity contribution in [3.05, 3.63) is 52.3 Å². The summed E-state index contributed by atoms with van der Waals surface area (Å²) in [5.74, 6) is 0. The highest BCUT2D eigenvalue weighted by atomic mass is 16.3. The Hall–Kier alpha value is -1.61. The fourth-order valence-corrected chi connectivity index (χ4v) is 2.59. The van der Waals surface area contributed by atoms with Crippen LogP contribution in [0.4, 0.5) is 0 Å². The van der Waals surface area contributed by atoms with Crippen LogP contribution in [0, 0.1) is 13.8 Å². The number of aliphatic hydroxyl groups excluding tert-OH is 1. The van der Waals surface area contributed by atoms with Crippen LogP contribution in [0.1, 0.15) is 48.0 Å². The molecule has 0 aliphatic rings. The fraction of sp³-hybridized carbons (Fsp3) is 0.471. The van der Waals surface area contributed by atoms with Gasteiger partial charge in [0.25, 0.3) is 0 Å². The van der Waals surface area contributed by atoms with E-state index >= 15 is 0 Å². The van der Waals surface area contributed by atoms with Gasteiger partial charge in [-0.15, -0.1) is 0 Å². The van der Waals surface area contributed by atoms with Crippen LogP contribution in [0.5, 0.6) is 0 Å². The summed E-state index contributed by atoms with van der Waals surface area (Å²) in [6.07, 6.45) is 1.36. The Labute approximate surface area is 121 Å². The molecule has 0 spiro atoms. The van der Waals surface area contributed by atoms with Crippen LogP contribution in [-0.4, -0.2) is 14.9 Å². The molecule has 0 amide bonds. The maximum atomic E-state index is 10.5. The van der Waals surface area contributed by atoms with E-state index in [2.05, 4.69) is 38.0 Å². The third kappa shape index (κ3) is 3.10. The first-order chi connectivity index (χ1) is 9.55. The van der Waals surface area contributed by atoms with Crippen LogP contribution in [0.2, 0.25) is 0 Å². The van der Waals surface area contributed by atoms with E-state index in [1.54, 1.807) is 0 Å². The van der Waals surface area contributed by atoms with Gasteiger partial charge in [-0.05, 0) is 43.9 Å². The SMILES string of the molecule is CCc1cc(CC)n(CC(O)c2ccc(C)cc2C)n1. The van der Waals surface area contributed by atoms with E-state index in [1.165, 1.54) is 11.3 Å². The van der Waals surface area contributed by atoms with Gasteiger partial charge >= 0.3 is 0 Å². The maximum absolute atomic E-state index is 10.5. The molecule has 3 nitrogen and oxygen atoms in total. The van der Waals surface area contributed by atoms with Gasteiger partial charge in [0.1, 0.15) is 0 Å². The van der Waals surface area contributed by atoms with Gasteiger partial charge in [0.15, 0.2) is 0 Å². The zero-order chi connectivity index (χ0) is 14.7. The summed E-state index contributed by atoms with van der Waals surface area (Å²) in [7, 11) is 0. The second-order valence-electron chi connectivity index (χ2n) is 5.39. The Balaban J connectivity index is 2.22. The number of rotatable bonds is 5. The molecular formula is C17H24N2O. The molecule has 0 radical (unpaired) electrons. The van der Waals surface area contributed by atoms with E-state index in [0.29, 0.717) is 6.54 Å². The molecule has 0 bridgehead atoms. The lowest BCUT2D eigenvalue weighted by molar-refractivity contribution is 0.149. The lowest BCUT2D eigenvalue weighted by atomic mass is 10.0. The number of benzene rings is 1. The molecule has 0 saturated carbocycles. The minimum absolute atomic E-state index is 0.509. The minimum atomic E-state index is -0.509. The van der Waals surface area contributed by atoms with E-state index in [9.17, 15) is 5.11 Å². The normalized spacial score (nSPS) is 12.7. The van der Waals surface area contributed by atoms with Crippen molar-refractivity contribution in [3.8, 4) is 0 Å². The first kappa shape index (κ1) is 14.8. The maximum Gasteiger partial charge on any atom is 0.0988 e. The summed E-state index contributed by atoms with van der Waals surface area (Å²) in [6, 6.07) is 8.31. The van der Waals surface area contributed by atoms with Crippen molar-refractivity contribution in [2.45, 2.75) is 53.2 Å². The molecule has 1 N–H and O–H groups in total. The Kier molecular flexibility index (Phi) is 4.61. The van der Waals surface area contributed by atoms with Gasteiger partial charge in [-0.2, -0.15) is 5.10 Å². The number of hydrogen-bond donors (Lipinski definition) is 1. The van der Waals surface area contributed by atoms with Crippen LogP contribution in [-0.2, 0) is 19.4 Å². The van der Waals surface area contributed by atoms with Gasteiger partial charge in [0.2, 0.25) is 0 Å². The number of aromatic nitrogens is 2. The van der Waals surface area contributed by atoms with Crippen LogP contribution in [0.25, 0.3) is 0 Å². The monoisotopic (exact) mass is 272 g/mol. The second kappa shape index (κ2) is 6.23. The van der Waals surface area contributed by atoms with E-state index in [-0.39, 0.29) is 0 Å². The highest BCUT2D eigenvalue weighted by Gasteiger charge is 2.14. The van der Waals surface area contributed by atoms with Gasteiger partial charge in [0.05, 0.1) is 18.3 Å². The Morgan fingerprint density at radius 3 is 2.50 bits per heavy atom. The molecule has 1 aromatic heterocycles. The van der Waals surface area contributed by atoms with E-state index < -0.39 is 6.10 Å². The third-order valence-electron chi connectivity index (χ3n) is 3.77. The van der Waals surface area contributed by atoms with Crippen molar-refractivity contribution in [2.24, 2.45) is 0 Å². The summed E-state index contributed by atoms with van der Waals surface area (Å²) in [4.78, 5) is 0. The van der Waals surface area contributed by atoms with Crippen molar-refractivity contribution >= 4 is 0 Å². The van der Waals surface area contributed by atoms with Crippen LogP contribution >= 0.6 is 0 Å². The zero-order valence-electron chi connectivity index (χ0n) is 12.8. The minimum Gasteiger partial charge on any atom is -0.386 e. The van der Waals surface area contributed by atoms with Gasteiger partial charge in [-0.1, -0.05) is 37.6 Å². The number of hydrogen-bond acceptors (Lipinski definition) is 2. The molecule has 1 atom stereocenters. The molecule has 1 heterocycles. The molecule has 3 heteroatoms. The summed E-state index contributed by atoms with van der Waals surface area (Å²) >= 11 is 0. The highest BCUT2D eigenvalue weighted by molar-refractivity contribution is 5.32. The molecule has 2 rings (SSSR count). The van der Waals surface area contributed by atoms with Crippen molar-refractivity contribution < 1.29 is 5.11 Å². The predicted octanol–water partition coefficient (Wildman–Crippen LogP) is 3.36. The molecule has 20 heavy (non-hydrogen) atoms. The van der Waals surface area contributed by atoms with E-state index in [0.717, 1.165) is 29.7 Å². The van der Waals surface area contributed by atoms with Gasteiger partial charge in [-0.25, -0.2) is 0 Å². The average molecular weight is 272 g/mol. The van der Waals surface area contributed by atoms with E-state index in [4.69, 9.17) is 0 Å². The lowest BCUT2D eigenvalue weighted by Crippen LogP contribution is -2.13. The predicted molar refractivity (Wildman–Crippen MR) is 81.9 cm³/mol. The van der Waals surface area contributed by atoms with Crippen LogP contribution in [0.3, 0.4) is 0 Å². The molecule has 0 fully saturated rings. The van der Waals surface area contributed by atoms with Crippen molar-refractivity contribution in [3.63, 3.8) is 0 Å². The summed E-state index contributed by atoms with van der Waals surface area (Å²) < 4.78 is 1.95. The largest absolute Gasteiger partial charge is 0.386 e. The number of aryl methyl sites for hydroxylation is 4. The molecule has 108 valence electrons. The summed E-state index contributed by atoms with van der Waals surface area (Å²) in [5.41, 5.74) is 5.63. The Morgan fingerprint density at radius 2 is 1.90 bits per heavy atom. The average Bonchev–Trinajstić information content (AvgIpc) is 2.80. The Bertz CT molecular complexity index is 587. The van der Waals surface area contributed by atoms with Crippen molar-refractivity contribution in [2.75, 3.05) is 0 Å². The molecule has 1 unspecified atom stereocenters. The smallest absolute Gasteiger partial charge is 0.0988 e. The first-order valence-corrected chi connectivity index (χ1v) is 7.36. The molecule has 1 aromatic carbocycles. The Morgan fingerprint density at radius 1 is 1.15 bits per heavy atom. The second-order valence-corrected chi connectivity index (χ2v) is 5.39. The number of aliphatic hydroxyl groups is 1. The van der Waals surface area contributed by atoms with Gasteiger partial charge in [-0.3, -0.25) is 4.68 Å². The molecule has 0 aliphatic heterocycles. The zero-order valence-corrected chi connectivity index (χ0v) is 12.8.